The van der Waals surface area contributed by atoms with Gasteiger partial charge in [-0.25, -0.2) is 8.78 Å². The average molecular weight is 566 g/mol. The number of fused-ring (bicyclic) bond motifs is 4. The lowest BCUT2D eigenvalue weighted by Crippen LogP contribution is -2.48. The number of cyclic esters (lactones) is 1. The standard InChI is InChI=1S/C34H29F2N3O3/c1-34(38)18-26-14-21(10-12-29(26)35)11-13-31(23-6-3-2-4-7-23)39-32(40)25-16-22(20-42-33(34)41)15-24(17-25)27-8-5-9-30(36)28(27)19-37/h2-10,12,14-17,31H,11,13,18,20,38H2,1H3,(H,39,40). The normalized spacial score (nSPS) is 19.4. The minimum atomic E-state index is -1.53. The van der Waals surface area contributed by atoms with E-state index in [1.54, 1.807) is 36.4 Å². The molecule has 6 nitrogen and oxygen atoms in total. The Morgan fingerprint density at radius 2 is 1.69 bits per heavy atom. The molecule has 0 aliphatic carbocycles. The number of halogens is 2. The fourth-order valence-electron chi connectivity index (χ4n) is 5.20. The third-order valence-electron chi connectivity index (χ3n) is 7.42. The zero-order valence-corrected chi connectivity index (χ0v) is 23.0. The number of nitriles is 1. The number of hydrogen-bond acceptors (Lipinski definition) is 5. The van der Waals surface area contributed by atoms with Crippen molar-refractivity contribution in [1.82, 2.24) is 5.32 Å². The Hall–Kier alpha value is -4.87. The predicted octanol–water partition coefficient (Wildman–Crippen LogP) is 5.92. The van der Waals surface area contributed by atoms with Gasteiger partial charge in [0.25, 0.3) is 5.91 Å². The molecule has 0 radical (unpaired) electrons. The van der Waals surface area contributed by atoms with Crippen molar-refractivity contribution in [2.75, 3.05) is 0 Å². The quantitative estimate of drug-likeness (QED) is 0.294. The highest BCUT2D eigenvalue weighted by Gasteiger charge is 2.32. The summed E-state index contributed by atoms with van der Waals surface area (Å²) in [4.78, 5) is 26.8. The minimum Gasteiger partial charge on any atom is -0.459 e. The molecule has 8 heteroatoms. The van der Waals surface area contributed by atoms with Crippen molar-refractivity contribution >= 4 is 11.9 Å². The van der Waals surface area contributed by atoms with Crippen LogP contribution in [0.5, 0.6) is 0 Å². The molecule has 4 aromatic rings. The van der Waals surface area contributed by atoms with E-state index in [1.807, 2.05) is 36.4 Å². The van der Waals surface area contributed by atoms with E-state index in [0.29, 0.717) is 35.1 Å². The lowest BCUT2D eigenvalue weighted by Gasteiger charge is -2.24. The predicted molar refractivity (Wildman–Crippen MR) is 154 cm³/mol. The third-order valence-corrected chi connectivity index (χ3v) is 7.42. The first kappa shape index (κ1) is 28.7. The number of amides is 1. The Labute approximate surface area is 242 Å². The summed E-state index contributed by atoms with van der Waals surface area (Å²) in [6.45, 7) is 1.23. The van der Waals surface area contributed by atoms with Gasteiger partial charge < -0.3 is 15.8 Å². The van der Waals surface area contributed by atoms with Crippen molar-refractivity contribution in [2.24, 2.45) is 5.73 Å². The van der Waals surface area contributed by atoms with Gasteiger partial charge in [-0.15, -0.1) is 0 Å². The van der Waals surface area contributed by atoms with Crippen molar-refractivity contribution in [3.8, 4) is 17.2 Å². The summed E-state index contributed by atoms with van der Waals surface area (Å²) in [6, 6.07) is 24.8. The number of nitrogens with zero attached hydrogens (tertiary/aromatic N) is 1. The smallest absolute Gasteiger partial charge is 0.326 e. The SMILES string of the molecule is CC1(N)Cc2cc(ccc2F)CCC(c2ccccc2)NC(=O)c2cc(cc(-c3cccc(F)c3C#N)c2)COC1=O. The lowest BCUT2D eigenvalue weighted by molar-refractivity contribution is -0.150. The van der Waals surface area contributed by atoms with Gasteiger partial charge in [0, 0.05) is 17.5 Å². The maximum absolute atomic E-state index is 14.8. The second-order valence-corrected chi connectivity index (χ2v) is 10.8. The number of benzene rings is 4. The highest BCUT2D eigenvalue weighted by Crippen LogP contribution is 2.29. The molecular weight excluding hydrogens is 536 g/mol. The van der Waals surface area contributed by atoms with Gasteiger partial charge in [0.1, 0.15) is 29.8 Å². The Kier molecular flexibility index (Phi) is 8.14. The molecule has 0 saturated heterocycles. The Balaban J connectivity index is 1.61. The van der Waals surface area contributed by atoms with Crippen LogP contribution in [0, 0.1) is 23.0 Å². The molecule has 4 bridgehead atoms. The van der Waals surface area contributed by atoms with Crippen LogP contribution in [0.25, 0.3) is 11.1 Å². The number of nitrogens with two attached hydrogens (primary N) is 1. The number of carbonyl (C=O) groups is 2. The maximum Gasteiger partial charge on any atom is 0.326 e. The topological polar surface area (TPSA) is 105 Å². The van der Waals surface area contributed by atoms with Crippen LogP contribution in [0.1, 0.15) is 57.6 Å². The van der Waals surface area contributed by atoms with Crippen LogP contribution < -0.4 is 11.1 Å². The summed E-state index contributed by atoms with van der Waals surface area (Å²) in [5.41, 5.74) is 8.05. The maximum atomic E-state index is 14.8. The van der Waals surface area contributed by atoms with E-state index in [-0.39, 0.29) is 30.2 Å². The summed E-state index contributed by atoms with van der Waals surface area (Å²) in [7, 11) is 0. The molecule has 42 heavy (non-hydrogen) atoms. The van der Waals surface area contributed by atoms with Crippen LogP contribution in [0.3, 0.4) is 0 Å². The third kappa shape index (κ3) is 6.22. The number of carbonyl (C=O) groups excluding carboxylic acids is 2. The summed E-state index contributed by atoms with van der Waals surface area (Å²) < 4.78 is 34.8. The van der Waals surface area contributed by atoms with E-state index < -0.39 is 29.0 Å². The average Bonchev–Trinajstić information content (AvgIpc) is 2.98. The second-order valence-electron chi connectivity index (χ2n) is 10.8. The molecule has 2 atom stereocenters. The fourth-order valence-corrected chi connectivity index (χ4v) is 5.20. The molecule has 0 aromatic heterocycles. The van der Waals surface area contributed by atoms with Gasteiger partial charge >= 0.3 is 5.97 Å². The summed E-state index contributed by atoms with van der Waals surface area (Å²) in [5, 5.41) is 12.7. The number of hydrogen-bond donors (Lipinski definition) is 2. The highest BCUT2D eigenvalue weighted by atomic mass is 19.1. The van der Waals surface area contributed by atoms with Crippen molar-refractivity contribution in [3.05, 3.63) is 130 Å². The van der Waals surface area contributed by atoms with E-state index in [2.05, 4.69) is 5.32 Å². The number of aryl methyl sites for hydroxylation is 1. The number of rotatable bonds is 2. The molecule has 1 aliphatic heterocycles. The molecule has 0 saturated carbocycles. The van der Waals surface area contributed by atoms with Gasteiger partial charge in [0.15, 0.2) is 0 Å². The first-order valence-electron chi connectivity index (χ1n) is 13.6. The lowest BCUT2D eigenvalue weighted by atomic mass is 9.91. The zero-order chi connectivity index (χ0) is 29.9. The molecule has 0 spiro atoms. The van der Waals surface area contributed by atoms with E-state index in [0.717, 1.165) is 11.1 Å². The van der Waals surface area contributed by atoms with Crippen molar-refractivity contribution in [3.63, 3.8) is 0 Å². The largest absolute Gasteiger partial charge is 0.459 e. The summed E-state index contributed by atoms with van der Waals surface area (Å²) >= 11 is 0. The van der Waals surface area contributed by atoms with Gasteiger partial charge in [-0.05, 0) is 77.9 Å². The Morgan fingerprint density at radius 3 is 2.45 bits per heavy atom. The zero-order valence-electron chi connectivity index (χ0n) is 23.0. The van der Waals surface area contributed by atoms with E-state index in [4.69, 9.17) is 10.5 Å². The molecule has 1 amide bonds. The van der Waals surface area contributed by atoms with E-state index in [1.165, 1.54) is 25.1 Å². The molecule has 1 heterocycles. The van der Waals surface area contributed by atoms with Crippen LogP contribution in [0.4, 0.5) is 8.78 Å². The molecule has 1 aliphatic rings. The van der Waals surface area contributed by atoms with E-state index >= 15 is 0 Å². The van der Waals surface area contributed by atoms with Crippen LogP contribution in [-0.2, 0) is 29.0 Å². The summed E-state index contributed by atoms with van der Waals surface area (Å²) in [5.74, 6) is -2.31. The minimum absolute atomic E-state index is 0.0789. The second kappa shape index (κ2) is 11.9. The molecule has 2 unspecified atom stereocenters. The van der Waals surface area contributed by atoms with E-state index in [9.17, 15) is 23.6 Å². The van der Waals surface area contributed by atoms with Crippen molar-refractivity contribution in [2.45, 2.75) is 44.4 Å². The van der Waals surface area contributed by atoms with Crippen molar-refractivity contribution < 1.29 is 23.1 Å². The molecular formula is C34H29F2N3O3. The van der Waals surface area contributed by atoms with Gasteiger partial charge in [0.05, 0.1) is 11.6 Å². The highest BCUT2D eigenvalue weighted by molar-refractivity contribution is 5.96. The van der Waals surface area contributed by atoms with Crippen LogP contribution >= 0.6 is 0 Å². The van der Waals surface area contributed by atoms with Gasteiger partial charge in [-0.2, -0.15) is 5.26 Å². The molecule has 0 fully saturated rings. The molecule has 5 rings (SSSR count). The van der Waals surface area contributed by atoms with Crippen LogP contribution in [-0.4, -0.2) is 17.4 Å². The molecule has 3 N–H and O–H groups in total. The monoisotopic (exact) mass is 565 g/mol. The van der Waals surface area contributed by atoms with Gasteiger partial charge in [0.2, 0.25) is 0 Å². The Morgan fingerprint density at radius 1 is 0.929 bits per heavy atom. The molecule has 212 valence electrons. The first-order valence-corrected chi connectivity index (χ1v) is 13.6. The fraction of sp³-hybridized carbons (Fsp3) is 0.206. The first-order chi connectivity index (χ1) is 20.1. The number of esters is 1. The van der Waals surface area contributed by atoms with Crippen molar-refractivity contribution in [1.29, 1.82) is 5.26 Å². The number of ether oxygens (including phenoxy) is 1. The van der Waals surface area contributed by atoms with Gasteiger partial charge in [-0.3, -0.25) is 9.59 Å². The Bertz CT molecular complexity index is 1700. The summed E-state index contributed by atoms with van der Waals surface area (Å²) in [6.07, 6.45) is 0.946. The van der Waals surface area contributed by atoms with Crippen LogP contribution in [0.15, 0.2) is 84.9 Å². The number of nitrogens with one attached hydrogen (secondary N) is 1. The van der Waals surface area contributed by atoms with Crippen LogP contribution in [0.2, 0.25) is 0 Å². The van der Waals surface area contributed by atoms with Gasteiger partial charge in [-0.1, -0.05) is 54.6 Å². The molecule has 4 aromatic carbocycles.